The van der Waals surface area contributed by atoms with Crippen LogP contribution in [0.3, 0.4) is 0 Å². The van der Waals surface area contributed by atoms with E-state index in [0.29, 0.717) is 30.6 Å². The van der Waals surface area contributed by atoms with E-state index in [0.717, 1.165) is 6.07 Å². The molecule has 7 nitrogen and oxygen atoms in total. The van der Waals surface area contributed by atoms with Gasteiger partial charge in [-0.25, -0.2) is 0 Å². The second-order valence-electron chi connectivity index (χ2n) is 5.39. The van der Waals surface area contributed by atoms with Gasteiger partial charge >= 0.3 is 0 Å². The van der Waals surface area contributed by atoms with Crippen LogP contribution >= 0.6 is 0 Å². The third-order valence-corrected chi connectivity index (χ3v) is 4.54. The van der Waals surface area contributed by atoms with E-state index in [1.54, 1.807) is 11.0 Å². The third kappa shape index (κ3) is 2.72. The molecule has 3 rings (SSSR count). The maximum Gasteiger partial charge on any atom is 0.294 e. The Morgan fingerprint density at radius 2 is 2.23 bits per heavy atom. The van der Waals surface area contributed by atoms with Gasteiger partial charge in [0.1, 0.15) is 5.58 Å². The Hall–Kier alpha value is -1.90. The molecule has 0 aliphatic carbocycles. The molecular weight excluding hydrogens is 308 g/mol. The van der Waals surface area contributed by atoms with Gasteiger partial charge in [0.25, 0.3) is 16.0 Å². The highest BCUT2D eigenvalue weighted by Crippen LogP contribution is 2.26. The van der Waals surface area contributed by atoms with Crippen LogP contribution in [0.5, 0.6) is 0 Å². The minimum absolute atomic E-state index is 0.143. The summed E-state index contributed by atoms with van der Waals surface area (Å²) in [5.41, 5.74) is 0.466. The van der Waals surface area contributed by atoms with Crippen molar-refractivity contribution in [2.45, 2.75) is 17.9 Å². The number of carbonyl (C=O) groups excluding carboxylic acids is 1. The molecule has 1 unspecified atom stereocenters. The summed E-state index contributed by atoms with van der Waals surface area (Å²) in [6.45, 7) is 3.70. The molecule has 1 aliphatic rings. The fraction of sp³-hybridized carbons (Fsp3) is 0.357. The Morgan fingerprint density at radius 3 is 2.91 bits per heavy atom. The van der Waals surface area contributed by atoms with Gasteiger partial charge < -0.3 is 14.6 Å². The standard InChI is InChI=1S/C14H16N2O5S/c1-9-8-16(4-3-15-9)14(17)12-7-11(22(18,19)20)6-10-2-5-21-13(10)12/h2,5-7,9,15H,3-4,8H2,1H3,(H,18,19,20). The van der Waals surface area contributed by atoms with Crippen LogP contribution in [0, 0.1) is 0 Å². The second-order valence-corrected chi connectivity index (χ2v) is 6.81. The fourth-order valence-electron chi connectivity index (χ4n) is 2.65. The van der Waals surface area contributed by atoms with Gasteiger partial charge in [-0.15, -0.1) is 0 Å². The van der Waals surface area contributed by atoms with Crippen molar-refractivity contribution < 1.29 is 22.2 Å². The average molecular weight is 324 g/mol. The van der Waals surface area contributed by atoms with Crippen LogP contribution in [-0.2, 0) is 10.1 Å². The Morgan fingerprint density at radius 1 is 1.45 bits per heavy atom. The van der Waals surface area contributed by atoms with Crippen LogP contribution in [0.15, 0.2) is 33.8 Å². The van der Waals surface area contributed by atoms with Gasteiger partial charge in [-0.05, 0) is 25.1 Å². The van der Waals surface area contributed by atoms with E-state index in [1.807, 2.05) is 6.92 Å². The van der Waals surface area contributed by atoms with E-state index < -0.39 is 10.1 Å². The first-order valence-electron chi connectivity index (χ1n) is 6.87. The van der Waals surface area contributed by atoms with E-state index >= 15 is 0 Å². The second kappa shape index (κ2) is 5.38. The van der Waals surface area contributed by atoms with E-state index in [2.05, 4.69) is 5.32 Å². The molecule has 0 radical (unpaired) electrons. The molecular formula is C14H16N2O5S. The van der Waals surface area contributed by atoms with Crippen molar-refractivity contribution in [1.29, 1.82) is 0 Å². The van der Waals surface area contributed by atoms with Crippen LogP contribution in [0.1, 0.15) is 17.3 Å². The lowest BCUT2D eigenvalue weighted by molar-refractivity contribution is 0.0709. The van der Waals surface area contributed by atoms with Gasteiger partial charge in [-0.3, -0.25) is 9.35 Å². The number of hydrogen-bond acceptors (Lipinski definition) is 5. The smallest absolute Gasteiger partial charge is 0.294 e. The maximum atomic E-state index is 12.7. The summed E-state index contributed by atoms with van der Waals surface area (Å²) >= 11 is 0. The topological polar surface area (TPSA) is 99.9 Å². The summed E-state index contributed by atoms with van der Waals surface area (Å²) in [6, 6.07) is 4.16. The van der Waals surface area contributed by atoms with Crippen LogP contribution in [0.25, 0.3) is 11.0 Å². The zero-order valence-corrected chi connectivity index (χ0v) is 12.8. The number of nitrogens with zero attached hydrogens (tertiary/aromatic N) is 1. The molecule has 2 N–H and O–H groups in total. The third-order valence-electron chi connectivity index (χ3n) is 3.71. The number of nitrogens with one attached hydrogen (secondary N) is 1. The van der Waals surface area contributed by atoms with Gasteiger partial charge in [0, 0.05) is 31.1 Å². The summed E-state index contributed by atoms with van der Waals surface area (Å²) in [5, 5.41) is 3.69. The van der Waals surface area contributed by atoms with E-state index in [4.69, 9.17) is 4.42 Å². The zero-order chi connectivity index (χ0) is 15.9. The number of amides is 1. The quantitative estimate of drug-likeness (QED) is 0.803. The molecule has 2 aromatic rings. The van der Waals surface area contributed by atoms with E-state index in [1.165, 1.54) is 12.3 Å². The van der Waals surface area contributed by atoms with E-state index in [-0.39, 0.29) is 22.4 Å². The Kier molecular flexibility index (Phi) is 3.67. The highest BCUT2D eigenvalue weighted by molar-refractivity contribution is 7.85. The molecule has 1 aromatic heterocycles. The van der Waals surface area contributed by atoms with Gasteiger partial charge in [-0.1, -0.05) is 0 Å². The molecule has 22 heavy (non-hydrogen) atoms. The minimum atomic E-state index is -4.39. The number of carbonyl (C=O) groups is 1. The van der Waals surface area contributed by atoms with Crippen LogP contribution in [-0.4, -0.2) is 49.5 Å². The normalized spacial score (nSPS) is 19.5. The van der Waals surface area contributed by atoms with Crippen molar-refractivity contribution in [2.75, 3.05) is 19.6 Å². The van der Waals surface area contributed by atoms with Crippen molar-refractivity contribution in [2.24, 2.45) is 0 Å². The molecule has 0 saturated carbocycles. The van der Waals surface area contributed by atoms with Gasteiger partial charge in [-0.2, -0.15) is 8.42 Å². The Bertz CT molecular complexity index is 827. The van der Waals surface area contributed by atoms with Crippen LogP contribution < -0.4 is 5.32 Å². The molecule has 1 saturated heterocycles. The number of piperazine rings is 1. The molecule has 1 aromatic carbocycles. The monoisotopic (exact) mass is 324 g/mol. The molecule has 0 spiro atoms. The molecule has 2 heterocycles. The first-order valence-corrected chi connectivity index (χ1v) is 8.31. The maximum absolute atomic E-state index is 12.7. The molecule has 1 atom stereocenters. The predicted octanol–water partition coefficient (Wildman–Crippen LogP) is 1.11. The van der Waals surface area contributed by atoms with Crippen molar-refractivity contribution in [3.63, 3.8) is 0 Å². The van der Waals surface area contributed by atoms with Crippen LogP contribution in [0.4, 0.5) is 0 Å². The van der Waals surface area contributed by atoms with Gasteiger partial charge in [0.05, 0.1) is 16.7 Å². The molecule has 118 valence electrons. The fourth-order valence-corrected chi connectivity index (χ4v) is 3.19. The lowest BCUT2D eigenvalue weighted by Gasteiger charge is -2.32. The Labute approximate surface area is 127 Å². The number of rotatable bonds is 2. The largest absolute Gasteiger partial charge is 0.464 e. The predicted molar refractivity (Wildman–Crippen MR) is 79.4 cm³/mol. The van der Waals surface area contributed by atoms with Crippen molar-refractivity contribution in [3.05, 3.63) is 30.0 Å². The molecule has 1 aliphatic heterocycles. The van der Waals surface area contributed by atoms with Crippen LogP contribution in [0.2, 0.25) is 0 Å². The lowest BCUT2D eigenvalue weighted by Crippen LogP contribution is -2.51. The van der Waals surface area contributed by atoms with Gasteiger partial charge in [0.2, 0.25) is 0 Å². The highest BCUT2D eigenvalue weighted by Gasteiger charge is 2.26. The molecule has 8 heteroatoms. The first kappa shape index (κ1) is 15.0. The minimum Gasteiger partial charge on any atom is -0.464 e. The first-order chi connectivity index (χ1) is 10.4. The summed E-state index contributed by atoms with van der Waals surface area (Å²) in [6.07, 6.45) is 1.38. The molecule has 1 fully saturated rings. The SMILES string of the molecule is CC1CN(C(=O)c2cc(S(=O)(=O)O)cc3ccoc23)CCN1. The van der Waals surface area contributed by atoms with Gasteiger partial charge in [0.15, 0.2) is 0 Å². The molecule has 1 amide bonds. The average Bonchev–Trinajstić information content (AvgIpc) is 2.93. The number of hydrogen-bond donors (Lipinski definition) is 2. The van der Waals surface area contributed by atoms with E-state index in [9.17, 15) is 17.8 Å². The summed E-state index contributed by atoms with van der Waals surface area (Å²) in [5.74, 6) is -0.307. The van der Waals surface area contributed by atoms with Crippen molar-refractivity contribution in [3.8, 4) is 0 Å². The Balaban J connectivity index is 2.09. The van der Waals surface area contributed by atoms with Crippen molar-refractivity contribution >= 4 is 27.0 Å². The highest BCUT2D eigenvalue weighted by atomic mass is 32.2. The summed E-state index contributed by atoms with van der Waals surface area (Å²) < 4.78 is 37.4. The lowest BCUT2D eigenvalue weighted by atomic mass is 10.1. The number of furan rings is 1. The summed E-state index contributed by atoms with van der Waals surface area (Å²) in [4.78, 5) is 14.0. The summed E-state index contributed by atoms with van der Waals surface area (Å²) in [7, 11) is -4.39. The number of benzene rings is 1. The zero-order valence-electron chi connectivity index (χ0n) is 11.9. The number of fused-ring (bicyclic) bond motifs is 1. The molecule has 0 bridgehead atoms. The van der Waals surface area contributed by atoms with Crippen molar-refractivity contribution in [1.82, 2.24) is 10.2 Å².